The smallest absolute Gasteiger partial charge is 0.269 e. The molecule has 1 aliphatic heterocycles. The van der Waals surface area contributed by atoms with Crippen molar-refractivity contribution in [3.8, 4) is 0 Å². The van der Waals surface area contributed by atoms with Crippen LogP contribution in [0.4, 0.5) is 0 Å². The third-order valence-electron chi connectivity index (χ3n) is 3.53. The van der Waals surface area contributed by atoms with E-state index in [1.807, 2.05) is 0 Å². The van der Waals surface area contributed by atoms with Gasteiger partial charge in [-0.1, -0.05) is 18.2 Å². The van der Waals surface area contributed by atoms with Crippen molar-refractivity contribution < 1.29 is 14.4 Å². The van der Waals surface area contributed by atoms with Gasteiger partial charge in [-0.05, 0) is 31.3 Å². The topological polar surface area (TPSA) is 81.8 Å². The van der Waals surface area contributed by atoms with Crippen LogP contribution in [0.5, 0.6) is 0 Å². The summed E-state index contributed by atoms with van der Waals surface area (Å²) >= 11 is 5.26. The maximum atomic E-state index is 12.4. The minimum absolute atomic E-state index is 0.0823. The highest BCUT2D eigenvalue weighted by atomic mass is 32.1. The molecule has 7 nitrogen and oxygen atoms in total. The molecule has 1 heterocycles. The normalized spacial score (nSPS) is 17.4. The number of amides is 3. The van der Waals surface area contributed by atoms with Crippen LogP contribution < -0.4 is 10.7 Å². The molecule has 0 spiro atoms. The summed E-state index contributed by atoms with van der Waals surface area (Å²) in [5, 5.41) is 3.96. The van der Waals surface area contributed by atoms with Gasteiger partial charge < -0.3 is 5.32 Å². The van der Waals surface area contributed by atoms with Gasteiger partial charge in [-0.15, -0.1) is 0 Å². The van der Waals surface area contributed by atoms with E-state index in [1.165, 1.54) is 17.0 Å². The predicted molar refractivity (Wildman–Crippen MR) is 88.2 cm³/mol. The Balaban J connectivity index is 2.21. The molecule has 0 saturated carbocycles. The summed E-state index contributed by atoms with van der Waals surface area (Å²) in [6.07, 6.45) is -0.0823. The van der Waals surface area contributed by atoms with Crippen molar-refractivity contribution in [3.63, 3.8) is 0 Å². The largest absolute Gasteiger partial charge is 0.359 e. The average molecular weight is 334 g/mol. The molecule has 1 saturated heterocycles. The van der Waals surface area contributed by atoms with Gasteiger partial charge in [0, 0.05) is 19.2 Å². The predicted octanol–water partition coefficient (Wildman–Crippen LogP) is 0.285. The van der Waals surface area contributed by atoms with E-state index < -0.39 is 6.04 Å². The van der Waals surface area contributed by atoms with Gasteiger partial charge in [0.2, 0.25) is 5.91 Å². The van der Waals surface area contributed by atoms with Crippen molar-refractivity contribution in [1.82, 2.24) is 20.7 Å². The summed E-state index contributed by atoms with van der Waals surface area (Å²) in [6.45, 7) is 2.16. The number of hydrogen-bond donors (Lipinski definition) is 2. The standard InChI is InChI=1S/C15H18N4O3S/c1-3-18-14(22)11(9-12(20)16-2)19(15(18)23)17-13(21)10-7-5-4-6-8-10/h4-8,11H,3,9H2,1-2H3,(H,16,20)(H,17,21)/t11-/m0/s1. The van der Waals surface area contributed by atoms with Gasteiger partial charge in [0.1, 0.15) is 6.04 Å². The average Bonchev–Trinajstić information content (AvgIpc) is 2.79. The molecule has 0 bridgehead atoms. The molecule has 1 aliphatic rings. The van der Waals surface area contributed by atoms with Crippen LogP contribution >= 0.6 is 12.2 Å². The summed E-state index contributed by atoms with van der Waals surface area (Å²) in [5.41, 5.74) is 3.07. The molecule has 1 atom stereocenters. The third kappa shape index (κ3) is 3.48. The highest BCUT2D eigenvalue weighted by Gasteiger charge is 2.43. The number of carbonyl (C=O) groups excluding carboxylic acids is 3. The molecule has 0 aliphatic carbocycles. The molecule has 0 aromatic heterocycles. The summed E-state index contributed by atoms with van der Waals surface area (Å²) in [6, 6.07) is 7.75. The number of thiocarbonyl (C=S) groups is 1. The molecule has 3 amide bonds. The Morgan fingerprint density at radius 3 is 2.48 bits per heavy atom. The first-order chi connectivity index (χ1) is 11.0. The lowest BCUT2D eigenvalue weighted by Crippen LogP contribution is -2.50. The van der Waals surface area contributed by atoms with E-state index in [4.69, 9.17) is 12.2 Å². The van der Waals surface area contributed by atoms with Crippen LogP contribution in [0.1, 0.15) is 23.7 Å². The maximum Gasteiger partial charge on any atom is 0.269 e. The molecule has 2 rings (SSSR count). The summed E-state index contributed by atoms with van der Waals surface area (Å²) in [5.74, 6) is -0.988. The Bertz CT molecular complexity index is 635. The lowest BCUT2D eigenvalue weighted by atomic mass is 10.2. The number of nitrogens with one attached hydrogen (secondary N) is 2. The quantitative estimate of drug-likeness (QED) is 0.756. The van der Waals surface area contributed by atoms with E-state index in [-0.39, 0.29) is 29.3 Å². The van der Waals surface area contributed by atoms with E-state index >= 15 is 0 Å². The molecule has 1 fully saturated rings. The Labute approximate surface area is 139 Å². The SMILES string of the molecule is CCN1C(=O)[C@H](CC(=O)NC)N(NC(=O)c2ccccc2)C1=S. The summed E-state index contributed by atoms with van der Waals surface area (Å²) < 4.78 is 0. The van der Waals surface area contributed by atoms with Gasteiger partial charge >= 0.3 is 0 Å². The van der Waals surface area contributed by atoms with Crippen LogP contribution in [-0.4, -0.2) is 52.4 Å². The molecule has 122 valence electrons. The summed E-state index contributed by atoms with van der Waals surface area (Å²) in [4.78, 5) is 37.7. The van der Waals surface area contributed by atoms with E-state index in [0.717, 1.165) is 0 Å². The van der Waals surface area contributed by atoms with Gasteiger partial charge in [0.25, 0.3) is 11.8 Å². The van der Waals surface area contributed by atoms with Crippen molar-refractivity contribution in [2.24, 2.45) is 0 Å². The molecule has 1 aromatic rings. The Morgan fingerprint density at radius 1 is 1.26 bits per heavy atom. The Morgan fingerprint density at radius 2 is 1.91 bits per heavy atom. The van der Waals surface area contributed by atoms with Crippen LogP contribution in [0, 0.1) is 0 Å². The second-order valence-corrected chi connectivity index (χ2v) is 5.30. The van der Waals surface area contributed by atoms with E-state index in [0.29, 0.717) is 12.1 Å². The van der Waals surface area contributed by atoms with Crippen molar-refractivity contribution in [2.45, 2.75) is 19.4 Å². The summed E-state index contributed by atoms with van der Waals surface area (Å²) in [7, 11) is 1.49. The zero-order valence-corrected chi connectivity index (χ0v) is 13.7. The fourth-order valence-corrected chi connectivity index (χ4v) is 2.68. The zero-order valence-electron chi connectivity index (χ0n) is 12.9. The Hall–Kier alpha value is -2.48. The lowest BCUT2D eigenvalue weighted by molar-refractivity contribution is -0.132. The van der Waals surface area contributed by atoms with E-state index in [2.05, 4.69) is 10.7 Å². The van der Waals surface area contributed by atoms with Crippen molar-refractivity contribution in [1.29, 1.82) is 0 Å². The number of nitrogens with zero attached hydrogens (tertiary/aromatic N) is 2. The Kier molecular flexibility index (Phi) is 5.28. The van der Waals surface area contributed by atoms with Crippen molar-refractivity contribution >= 4 is 35.1 Å². The van der Waals surface area contributed by atoms with Gasteiger partial charge in [-0.3, -0.25) is 24.7 Å². The maximum absolute atomic E-state index is 12.4. The van der Waals surface area contributed by atoms with Crippen LogP contribution in [0.15, 0.2) is 30.3 Å². The molecular formula is C15H18N4O3S. The van der Waals surface area contributed by atoms with Gasteiger partial charge in [-0.25, -0.2) is 5.01 Å². The highest BCUT2D eigenvalue weighted by molar-refractivity contribution is 7.80. The lowest BCUT2D eigenvalue weighted by Gasteiger charge is -2.24. The minimum atomic E-state index is -0.838. The van der Waals surface area contributed by atoms with E-state index in [1.54, 1.807) is 37.3 Å². The van der Waals surface area contributed by atoms with Crippen LogP contribution in [-0.2, 0) is 9.59 Å². The minimum Gasteiger partial charge on any atom is -0.359 e. The number of benzene rings is 1. The van der Waals surface area contributed by atoms with Crippen LogP contribution in [0.25, 0.3) is 0 Å². The molecule has 2 N–H and O–H groups in total. The van der Waals surface area contributed by atoms with E-state index in [9.17, 15) is 14.4 Å². The number of hydrogen-bond acceptors (Lipinski definition) is 4. The molecule has 0 radical (unpaired) electrons. The first-order valence-electron chi connectivity index (χ1n) is 7.20. The second-order valence-electron chi connectivity index (χ2n) is 4.94. The van der Waals surface area contributed by atoms with Gasteiger partial charge in [0.05, 0.1) is 6.42 Å². The van der Waals surface area contributed by atoms with Crippen LogP contribution in [0.2, 0.25) is 0 Å². The van der Waals surface area contributed by atoms with Crippen LogP contribution in [0.3, 0.4) is 0 Å². The molecular weight excluding hydrogens is 316 g/mol. The fourth-order valence-electron chi connectivity index (χ4n) is 2.28. The molecule has 0 unspecified atom stereocenters. The molecule has 23 heavy (non-hydrogen) atoms. The first kappa shape index (κ1) is 16.9. The molecule has 8 heteroatoms. The van der Waals surface area contributed by atoms with Gasteiger partial charge in [0.15, 0.2) is 5.11 Å². The molecule has 1 aromatic carbocycles. The highest BCUT2D eigenvalue weighted by Crippen LogP contribution is 2.19. The monoisotopic (exact) mass is 334 g/mol. The number of rotatable bonds is 5. The first-order valence-corrected chi connectivity index (χ1v) is 7.61. The number of hydrazine groups is 1. The zero-order chi connectivity index (χ0) is 17.0. The van der Waals surface area contributed by atoms with Crippen molar-refractivity contribution in [3.05, 3.63) is 35.9 Å². The van der Waals surface area contributed by atoms with Crippen molar-refractivity contribution in [2.75, 3.05) is 13.6 Å². The fraction of sp³-hybridized carbons (Fsp3) is 0.333. The third-order valence-corrected chi connectivity index (χ3v) is 3.95. The number of carbonyl (C=O) groups is 3. The second kappa shape index (κ2) is 7.19. The van der Waals surface area contributed by atoms with Gasteiger partial charge in [-0.2, -0.15) is 0 Å². The number of likely N-dealkylation sites (N-methyl/N-ethyl adjacent to an activating group) is 1.